The van der Waals surface area contributed by atoms with Crippen LogP contribution in [0.3, 0.4) is 0 Å². The fourth-order valence-electron chi connectivity index (χ4n) is 1.48. The summed E-state index contributed by atoms with van der Waals surface area (Å²) in [7, 11) is 3.90. The van der Waals surface area contributed by atoms with Crippen LogP contribution in [0.25, 0.3) is 0 Å². The van der Waals surface area contributed by atoms with Crippen LogP contribution in [0, 0.1) is 0 Å². The highest BCUT2D eigenvalue weighted by Crippen LogP contribution is 2.13. The Morgan fingerprint density at radius 3 is 2.24 bits per heavy atom. The average Bonchev–Trinajstić information content (AvgIpc) is 2.29. The summed E-state index contributed by atoms with van der Waals surface area (Å²) in [4.78, 5) is 14.0. The molecule has 1 amide bonds. The minimum absolute atomic E-state index is 0.130. The SMILES string of the molecule is CN(C)c1ccc(CN(CCO)C(=O)O)cc1. The summed E-state index contributed by atoms with van der Waals surface area (Å²) in [5.41, 5.74) is 1.98. The van der Waals surface area contributed by atoms with E-state index >= 15 is 0 Å². The molecule has 2 N–H and O–H groups in total. The second-order valence-electron chi connectivity index (χ2n) is 3.99. The molecule has 94 valence electrons. The first-order valence-corrected chi connectivity index (χ1v) is 5.39. The molecule has 0 atom stereocenters. The van der Waals surface area contributed by atoms with Crippen molar-refractivity contribution in [1.29, 1.82) is 0 Å². The molecule has 0 aromatic heterocycles. The van der Waals surface area contributed by atoms with E-state index in [0.29, 0.717) is 6.54 Å². The van der Waals surface area contributed by atoms with Gasteiger partial charge in [-0.15, -0.1) is 0 Å². The first-order valence-electron chi connectivity index (χ1n) is 5.39. The molecule has 5 nitrogen and oxygen atoms in total. The molecule has 0 radical (unpaired) electrons. The van der Waals surface area contributed by atoms with Crippen molar-refractivity contribution < 1.29 is 15.0 Å². The van der Waals surface area contributed by atoms with Gasteiger partial charge < -0.3 is 20.0 Å². The second-order valence-corrected chi connectivity index (χ2v) is 3.99. The molecule has 1 rings (SSSR count). The number of nitrogens with zero attached hydrogens (tertiary/aromatic N) is 2. The van der Waals surface area contributed by atoms with Crippen molar-refractivity contribution in [2.24, 2.45) is 0 Å². The fraction of sp³-hybridized carbons (Fsp3) is 0.417. The lowest BCUT2D eigenvalue weighted by Gasteiger charge is -2.18. The molecular weight excluding hydrogens is 220 g/mol. The summed E-state index contributed by atoms with van der Waals surface area (Å²) < 4.78 is 0. The maximum Gasteiger partial charge on any atom is 0.407 e. The number of amides is 1. The van der Waals surface area contributed by atoms with Crippen LogP contribution in [0.4, 0.5) is 10.5 Å². The maximum absolute atomic E-state index is 10.9. The van der Waals surface area contributed by atoms with E-state index < -0.39 is 6.09 Å². The largest absolute Gasteiger partial charge is 0.465 e. The van der Waals surface area contributed by atoms with E-state index in [1.165, 1.54) is 4.90 Å². The fourth-order valence-corrected chi connectivity index (χ4v) is 1.48. The predicted molar refractivity (Wildman–Crippen MR) is 66.3 cm³/mol. The summed E-state index contributed by atoms with van der Waals surface area (Å²) in [5.74, 6) is 0. The number of benzene rings is 1. The van der Waals surface area contributed by atoms with Crippen molar-refractivity contribution in [3.05, 3.63) is 29.8 Å². The standard InChI is InChI=1S/C12H18N2O3/c1-13(2)11-5-3-10(4-6-11)9-14(7-8-15)12(16)17/h3-6,15H,7-9H2,1-2H3,(H,16,17). The number of hydrogen-bond donors (Lipinski definition) is 2. The molecule has 5 heteroatoms. The van der Waals surface area contributed by atoms with Crippen LogP contribution in [0.5, 0.6) is 0 Å². The molecule has 0 heterocycles. The molecule has 0 spiro atoms. The normalized spacial score (nSPS) is 10.1. The van der Waals surface area contributed by atoms with Crippen LogP contribution in [-0.2, 0) is 6.54 Å². The smallest absolute Gasteiger partial charge is 0.407 e. The van der Waals surface area contributed by atoms with Crippen LogP contribution in [0.1, 0.15) is 5.56 Å². The zero-order valence-electron chi connectivity index (χ0n) is 10.1. The van der Waals surface area contributed by atoms with E-state index in [0.717, 1.165) is 11.3 Å². The number of carboxylic acid groups (broad SMARTS) is 1. The van der Waals surface area contributed by atoms with Crippen molar-refractivity contribution in [3.8, 4) is 0 Å². The Balaban J connectivity index is 2.70. The van der Waals surface area contributed by atoms with Gasteiger partial charge >= 0.3 is 6.09 Å². The van der Waals surface area contributed by atoms with Crippen molar-refractivity contribution >= 4 is 11.8 Å². The van der Waals surface area contributed by atoms with Gasteiger partial charge in [0.1, 0.15) is 0 Å². The zero-order chi connectivity index (χ0) is 12.8. The number of rotatable bonds is 5. The molecule has 0 unspecified atom stereocenters. The lowest BCUT2D eigenvalue weighted by atomic mass is 10.2. The van der Waals surface area contributed by atoms with Crippen molar-refractivity contribution in [3.63, 3.8) is 0 Å². The Bertz CT molecular complexity index is 363. The third-order valence-electron chi connectivity index (χ3n) is 2.47. The van der Waals surface area contributed by atoms with E-state index in [1.807, 2.05) is 43.3 Å². The highest BCUT2D eigenvalue weighted by molar-refractivity contribution is 5.65. The molecule has 0 aliphatic rings. The van der Waals surface area contributed by atoms with Gasteiger partial charge in [0.15, 0.2) is 0 Å². The molecule has 0 saturated heterocycles. The van der Waals surface area contributed by atoms with Gasteiger partial charge in [0.05, 0.1) is 6.61 Å². The minimum atomic E-state index is -1.02. The van der Waals surface area contributed by atoms with Gasteiger partial charge in [-0.2, -0.15) is 0 Å². The topological polar surface area (TPSA) is 64.0 Å². The Hall–Kier alpha value is -1.75. The van der Waals surface area contributed by atoms with Gasteiger partial charge in [-0.3, -0.25) is 0 Å². The molecule has 17 heavy (non-hydrogen) atoms. The van der Waals surface area contributed by atoms with Crippen molar-refractivity contribution in [2.45, 2.75) is 6.54 Å². The van der Waals surface area contributed by atoms with Gasteiger partial charge in [-0.1, -0.05) is 12.1 Å². The minimum Gasteiger partial charge on any atom is -0.465 e. The molecule has 0 aliphatic carbocycles. The monoisotopic (exact) mass is 238 g/mol. The lowest BCUT2D eigenvalue weighted by molar-refractivity contribution is 0.129. The maximum atomic E-state index is 10.9. The molecule has 1 aromatic rings. The van der Waals surface area contributed by atoms with E-state index in [9.17, 15) is 4.79 Å². The van der Waals surface area contributed by atoms with E-state index in [4.69, 9.17) is 10.2 Å². The molecule has 0 bridgehead atoms. The van der Waals surface area contributed by atoms with E-state index in [2.05, 4.69) is 0 Å². The second kappa shape index (κ2) is 6.10. The van der Waals surface area contributed by atoms with Gasteiger partial charge in [-0.05, 0) is 17.7 Å². The summed E-state index contributed by atoms with van der Waals surface area (Å²) in [6.07, 6.45) is -1.02. The van der Waals surface area contributed by atoms with E-state index in [1.54, 1.807) is 0 Å². The summed E-state index contributed by atoms with van der Waals surface area (Å²) >= 11 is 0. The molecule has 1 aromatic carbocycles. The number of aliphatic hydroxyl groups is 1. The number of hydrogen-bond acceptors (Lipinski definition) is 3. The van der Waals surface area contributed by atoms with Gasteiger partial charge in [0, 0.05) is 32.9 Å². The van der Waals surface area contributed by atoms with Gasteiger partial charge in [-0.25, -0.2) is 4.79 Å². The Morgan fingerprint density at radius 2 is 1.82 bits per heavy atom. The first-order chi connectivity index (χ1) is 8.04. The Kier molecular flexibility index (Phi) is 4.78. The lowest BCUT2D eigenvalue weighted by Crippen LogP contribution is -2.31. The predicted octanol–water partition coefficient (Wildman–Crippen LogP) is 1.22. The number of carbonyl (C=O) groups is 1. The third-order valence-corrected chi connectivity index (χ3v) is 2.47. The Labute approximate surface area is 101 Å². The average molecular weight is 238 g/mol. The number of anilines is 1. The first kappa shape index (κ1) is 13.3. The summed E-state index contributed by atoms with van der Waals surface area (Å²) in [5, 5.41) is 17.7. The van der Waals surface area contributed by atoms with Gasteiger partial charge in [0.25, 0.3) is 0 Å². The third kappa shape index (κ3) is 3.96. The quantitative estimate of drug-likeness (QED) is 0.809. The number of aliphatic hydroxyl groups excluding tert-OH is 1. The van der Waals surface area contributed by atoms with Crippen LogP contribution >= 0.6 is 0 Å². The van der Waals surface area contributed by atoms with Crippen LogP contribution in [-0.4, -0.2) is 48.5 Å². The van der Waals surface area contributed by atoms with Crippen molar-refractivity contribution in [2.75, 3.05) is 32.1 Å². The zero-order valence-corrected chi connectivity index (χ0v) is 10.1. The summed E-state index contributed by atoms with van der Waals surface area (Å²) in [6, 6.07) is 7.66. The summed E-state index contributed by atoms with van der Waals surface area (Å²) in [6.45, 7) is 0.260. The van der Waals surface area contributed by atoms with Crippen LogP contribution in [0.15, 0.2) is 24.3 Å². The Morgan fingerprint density at radius 1 is 1.24 bits per heavy atom. The highest BCUT2D eigenvalue weighted by atomic mass is 16.4. The van der Waals surface area contributed by atoms with Crippen molar-refractivity contribution in [1.82, 2.24) is 4.90 Å². The van der Waals surface area contributed by atoms with Crippen LogP contribution < -0.4 is 4.90 Å². The molecule has 0 saturated carbocycles. The highest BCUT2D eigenvalue weighted by Gasteiger charge is 2.11. The molecule has 0 aliphatic heterocycles. The van der Waals surface area contributed by atoms with Crippen LogP contribution in [0.2, 0.25) is 0 Å². The van der Waals surface area contributed by atoms with E-state index in [-0.39, 0.29) is 13.2 Å². The molecule has 0 fully saturated rings. The van der Waals surface area contributed by atoms with Gasteiger partial charge in [0.2, 0.25) is 0 Å². The molecular formula is C12H18N2O3.